The molecular formula is C59H114O6. The maximum atomic E-state index is 12.9. The van der Waals surface area contributed by atoms with Gasteiger partial charge in [-0.15, -0.1) is 0 Å². The smallest absolute Gasteiger partial charge is 0.306 e. The summed E-state index contributed by atoms with van der Waals surface area (Å²) in [4.78, 5) is 38.1. The van der Waals surface area contributed by atoms with E-state index in [1.54, 1.807) is 0 Å². The van der Waals surface area contributed by atoms with Crippen LogP contribution in [-0.2, 0) is 28.6 Å². The first kappa shape index (κ1) is 63.4. The number of hydrogen-bond donors (Lipinski definition) is 0. The molecule has 0 N–H and O–H groups in total. The third kappa shape index (κ3) is 50.1. The molecule has 65 heavy (non-hydrogen) atoms. The van der Waals surface area contributed by atoms with E-state index in [1.807, 2.05) is 0 Å². The number of carbonyl (C=O) groups is 3. The summed E-state index contributed by atoms with van der Waals surface area (Å²) in [6, 6.07) is 0. The van der Waals surface area contributed by atoms with Crippen LogP contribution in [0.5, 0.6) is 0 Å². The van der Waals surface area contributed by atoms with E-state index in [2.05, 4.69) is 34.6 Å². The monoisotopic (exact) mass is 919 g/mol. The Hall–Kier alpha value is -1.59. The molecule has 386 valence electrons. The summed E-state index contributed by atoms with van der Waals surface area (Å²) in [6.45, 7) is 11.4. The summed E-state index contributed by atoms with van der Waals surface area (Å²) in [5.74, 6) is 0.880. The second-order valence-corrected chi connectivity index (χ2v) is 20.8. The van der Waals surface area contributed by atoms with Gasteiger partial charge in [0.15, 0.2) is 6.10 Å². The topological polar surface area (TPSA) is 78.9 Å². The van der Waals surface area contributed by atoms with Crippen molar-refractivity contribution in [3.05, 3.63) is 0 Å². The lowest BCUT2D eigenvalue weighted by atomic mass is 9.99. The molecule has 0 saturated heterocycles. The zero-order valence-corrected chi connectivity index (χ0v) is 44.6. The number of carbonyl (C=O) groups excluding carboxylic acids is 3. The molecule has 0 rings (SSSR count). The first-order chi connectivity index (χ1) is 31.8. The fraction of sp³-hybridized carbons (Fsp3) is 0.949. The summed E-state index contributed by atoms with van der Waals surface area (Å²) in [6.07, 6.45) is 55.3. The number of unbranched alkanes of at least 4 members (excludes halogenated alkanes) is 36. The lowest BCUT2D eigenvalue weighted by Crippen LogP contribution is -2.30. The first-order valence-electron chi connectivity index (χ1n) is 29.3. The second-order valence-electron chi connectivity index (χ2n) is 20.8. The van der Waals surface area contributed by atoms with E-state index in [0.29, 0.717) is 19.3 Å². The van der Waals surface area contributed by atoms with Gasteiger partial charge < -0.3 is 14.2 Å². The van der Waals surface area contributed by atoms with Gasteiger partial charge in [0.05, 0.1) is 0 Å². The molecule has 0 bridgehead atoms. The fourth-order valence-electron chi connectivity index (χ4n) is 8.99. The Morgan fingerprint density at radius 3 is 0.800 bits per heavy atom. The Balaban J connectivity index is 4.22. The first-order valence-corrected chi connectivity index (χ1v) is 29.3. The van der Waals surface area contributed by atoms with Crippen LogP contribution in [0.25, 0.3) is 0 Å². The highest BCUT2D eigenvalue weighted by atomic mass is 16.6. The van der Waals surface area contributed by atoms with Crippen molar-refractivity contribution in [2.75, 3.05) is 13.2 Å². The quantitative estimate of drug-likeness (QED) is 0.0344. The minimum Gasteiger partial charge on any atom is -0.462 e. The molecular weight excluding hydrogens is 805 g/mol. The third-order valence-corrected chi connectivity index (χ3v) is 14.2. The maximum absolute atomic E-state index is 12.9. The molecule has 0 aromatic heterocycles. The van der Waals surface area contributed by atoms with E-state index in [-0.39, 0.29) is 31.1 Å². The van der Waals surface area contributed by atoms with Crippen LogP contribution in [-0.4, -0.2) is 37.2 Å². The molecule has 0 aromatic carbocycles. The van der Waals surface area contributed by atoms with E-state index in [4.69, 9.17) is 14.2 Å². The predicted octanol–water partition coefficient (Wildman–Crippen LogP) is 19.3. The van der Waals surface area contributed by atoms with Crippen LogP contribution in [0.3, 0.4) is 0 Å². The van der Waals surface area contributed by atoms with Gasteiger partial charge in [-0.1, -0.05) is 291 Å². The molecule has 0 radical (unpaired) electrons. The zero-order valence-electron chi connectivity index (χ0n) is 44.6. The molecule has 6 nitrogen and oxygen atoms in total. The number of rotatable bonds is 53. The highest BCUT2D eigenvalue weighted by Gasteiger charge is 2.19. The van der Waals surface area contributed by atoms with Crippen molar-refractivity contribution in [1.29, 1.82) is 0 Å². The zero-order chi connectivity index (χ0) is 47.5. The van der Waals surface area contributed by atoms with Crippen LogP contribution in [0.4, 0.5) is 0 Å². The highest BCUT2D eigenvalue weighted by molar-refractivity contribution is 5.71. The van der Waals surface area contributed by atoms with Crippen molar-refractivity contribution >= 4 is 17.9 Å². The molecule has 0 spiro atoms. The average Bonchev–Trinajstić information content (AvgIpc) is 3.30. The van der Waals surface area contributed by atoms with Gasteiger partial charge in [-0.05, 0) is 31.1 Å². The molecule has 0 fully saturated rings. The van der Waals surface area contributed by atoms with E-state index in [0.717, 1.165) is 69.6 Å². The van der Waals surface area contributed by atoms with Gasteiger partial charge in [-0.25, -0.2) is 0 Å². The largest absolute Gasteiger partial charge is 0.462 e. The van der Waals surface area contributed by atoms with Gasteiger partial charge >= 0.3 is 17.9 Å². The SMILES string of the molecule is CCCCCCCCCCCCCCCCCC(=O)OC[C@H](COC(=O)CCCCCCCCC(C)CC)OC(=O)CCCCCCCCCCCCCCCCCCCCC(C)CC. The van der Waals surface area contributed by atoms with Gasteiger partial charge in [0.1, 0.15) is 13.2 Å². The molecule has 0 saturated carbocycles. The van der Waals surface area contributed by atoms with Crippen LogP contribution in [0.1, 0.15) is 330 Å². The number of hydrogen-bond acceptors (Lipinski definition) is 6. The number of esters is 3. The van der Waals surface area contributed by atoms with Gasteiger partial charge in [0, 0.05) is 19.3 Å². The Morgan fingerprint density at radius 2 is 0.538 bits per heavy atom. The molecule has 0 heterocycles. The normalized spacial score (nSPS) is 12.9. The van der Waals surface area contributed by atoms with Crippen LogP contribution in [0.15, 0.2) is 0 Å². The molecule has 0 aliphatic carbocycles. The Labute approximate surface area is 406 Å². The van der Waals surface area contributed by atoms with Crippen LogP contribution >= 0.6 is 0 Å². The summed E-state index contributed by atoms with van der Waals surface area (Å²) >= 11 is 0. The van der Waals surface area contributed by atoms with E-state index in [9.17, 15) is 14.4 Å². The Kier molecular flexibility index (Phi) is 50.5. The van der Waals surface area contributed by atoms with Gasteiger partial charge in [-0.2, -0.15) is 0 Å². The van der Waals surface area contributed by atoms with Crippen LogP contribution in [0.2, 0.25) is 0 Å². The van der Waals surface area contributed by atoms with Crippen molar-refractivity contribution in [3.8, 4) is 0 Å². The minimum atomic E-state index is -0.763. The molecule has 0 aliphatic rings. The Bertz CT molecular complexity index is 997. The molecule has 0 amide bonds. The van der Waals surface area contributed by atoms with Crippen LogP contribution in [0, 0.1) is 11.8 Å². The van der Waals surface area contributed by atoms with Crippen LogP contribution < -0.4 is 0 Å². The van der Waals surface area contributed by atoms with Crippen molar-refractivity contribution in [2.45, 2.75) is 336 Å². The lowest BCUT2D eigenvalue weighted by Gasteiger charge is -2.18. The summed E-state index contributed by atoms with van der Waals surface area (Å²) in [5.41, 5.74) is 0. The average molecular weight is 920 g/mol. The molecule has 6 heteroatoms. The molecule has 3 atom stereocenters. The minimum absolute atomic E-state index is 0.0634. The third-order valence-electron chi connectivity index (χ3n) is 14.2. The molecule has 2 unspecified atom stereocenters. The fourth-order valence-corrected chi connectivity index (χ4v) is 8.99. The van der Waals surface area contributed by atoms with Gasteiger partial charge in [0.25, 0.3) is 0 Å². The maximum Gasteiger partial charge on any atom is 0.306 e. The molecule has 0 aliphatic heterocycles. The molecule has 0 aromatic rings. The van der Waals surface area contributed by atoms with Crippen molar-refractivity contribution in [2.24, 2.45) is 11.8 Å². The predicted molar refractivity (Wildman–Crippen MR) is 280 cm³/mol. The highest BCUT2D eigenvalue weighted by Crippen LogP contribution is 2.19. The van der Waals surface area contributed by atoms with Gasteiger partial charge in [0.2, 0.25) is 0 Å². The summed E-state index contributed by atoms with van der Waals surface area (Å²) in [7, 11) is 0. The van der Waals surface area contributed by atoms with Crippen molar-refractivity contribution < 1.29 is 28.6 Å². The van der Waals surface area contributed by atoms with E-state index >= 15 is 0 Å². The summed E-state index contributed by atoms with van der Waals surface area (Å²) < 4.78 is 16.9. The number of ether oxygens (including phenoxy) is 3. The van der Waals surface area contributed by atoms with Crippen molar-refractivity contribution in [3.63, 3.8) is 0 Å². The van der Waals surface area contributed by atoms with E-state index in [1.165, 1.54) is 218 Å². The standard InChI is InChI=1S/C59H114O6/c1-6-9-10-11-12-13-14-15-20-24-27-30-33-39-44-49-57(60)63-52-56(53-64-58(61)50-45-40-36-35-38-43-48-55(5)8-3)65-59(62)51-46-41-34-31-28-25-22-19-17-16-18-21-23-26-29-32-37-42-47-54(4)7-2/h54-56H,6-53H2,1-5H3/t54?,55?,56-/m1/s1. The second kappa shape index (κ2) is 51.8. The lowest BCUT2D eigenvalue weighted by molar-refractivity contribution is -0.167. The Morgan fingerprint density at radius 1 is 0.308 bits per heavy atom. The van der Waals surface area contributed by atoms with Gasteiger partial charge in [-0.3, -0.25) is 14.4 Å². The van der Waals surface area contributed by atoms with Crippen molar-refractivity contribution in [1.82, 2.24) is 0 Å². The summed E-state index contributed by atoms with van der Waals surface area (Å²) in [5, 5.41) is 0. The van der Waals surface area contributed by atoms with E-state index < -0.39 is 6.10 Å².